The van der Waals surface area contributed by atoms with E-state index in [1.54, 1.807) is 24.3 Å². The molecule has 0 aliphatic heterocycles. The Morgan fingerprint density at radius 3 is 2.44 bits per heavy atom. The summed E-state index contributed by atoms with van der Waals surface area (Å²) in [7, 11) is 0. The van der Waals surface area contributed by atoms with Crippen LogP contribution in [0.4, 0.5) is 0 Å². The predicted octanol–water partition coefficient (Wildman–Crippen LogP) is 3.48. The normalized spacial score (nSPS) is 12.2. The monoisotopic (exact) mass is 402 g/mol. The molecule has 27 heavy (non-hydrogen) atoms. The smallest absolute Gasteiger partial charge is 0.226 e. The second kappa shape index (κ2) is 8.63. The van der Waals surface area contributed by atoms with Crippen molar-refractivity contribution in [3.05, 3.63) is 75.8 Å². The van der Waals surface area contributed by atoms with Crippen LogP contribution in [0.1, 0.15) is 22.9 Å². The molecule has 0 aliphatic carbocycles. The van der Waals surface area contributed by atoms with Crippen molar-refractivity contribution in [2.24, 2.45) is 0 Å². The molecule has 2 aromatic carbocycles. The van der Waals surface area contributed by atoms with Crippen LogP contribution in [0.25, 0.3) is 10.6 Å². The summed E-state index contributed by atoms with van der Waals surface area (Å²) in [6.07, 6.45) is -1.67. The minimum atomic E-state index is -1.73. The van der Waals surface area contributed by atoms with Crippen molar-refractivity contribution in [3.63, 3.8) is 0 Å². The Hall–Kier alpha value is -2.25. The van der Waals surface area contributed by atoms with Crippen molar-refractivity contribution in [1.29, 1.82) is 0 Å². The van der Waals surface area contributed by atoms with Crippen LogP contribution in [0, 0.1) is 6.92 Å². The second-order valence-electron chi connectivity index (χ2n) is 6.20. The van der Waals surface area contributed by atoms with Gasteiger partial charge in [0.15, 0.2) is 6.29 Å². The maximum absolute atomic E-state index is 12.4. The van der Waals surface area contributed by atoms with Gasteiger partial charge in [-0.05, 0) is 24.6 Å². The third kappa shape index (κ3) is 5.14. The van der Waals surface area contributed by atoms with E-state index in [0.717, 1.165) is 10.6 Å². The lowest BCUT2D eigenvalue weighted by molar-refractivity contribution is -0.126. The Morgan fingerprint density at radius 1 is 1.15 bits per heavy atom. The molecular formula is C20H19ClN2O3S. The SMILES string of the molecule is Cc1ccc(-c2nc(CC(=O)NC(c3ccc(Cl)cc3)C(O)O)cs2)cc1. The van der Waals surface area contributed by atoms with Gasteiger partial charge in [-0.3, -0.25) is 4.79 Å². The highest BCUT2D eigenvalue weighted by Gasteiger charge is 2.22. The van der Waals surface area contributed by atoms with Gasteiger partial charge in [0.2, 0.25) is 5.91 Å². The zero-order valence-corrected chi connectivity index (χ0v) is 16.2. The standard InChI is InChI=1S/C20H19ClN2O3S/c1-12-2-4-14(5-3-12)19-22-16(11-27-19)10-17(24)23-18(20(25)26)13-6-8-15(21)9-7-13/h2-9,11,18,20,25-26H,10H2,1H3,(H,23,24). The van der Waals surface area contributed by atoms with E-state index in [-0.39, 0.29) is 12.3 Å². The van der Waals surface area contributed by atoms with Crippen LogP contribution in [0.5, 0.6) is 0 Å². The average molecular weight is 403 g/mol. The van der Waals surface area contributed by atoms with Gasteiger partial charge in [-0.1, -0.05) is 53.6 Å². The van der Waals surface area contributed by atoms with Crippen molar-refractivity contribution in [3.8, 4) is 10.6 Å². The Morgan fingerprint density at radius 2 is 1.81 bits per heavy atom. The van der Waals surface area contributed by atoms with Gasteiger partial charge in [0.05, 0.1) is 12.1 Å². The molecule has 0 fully saturated rings. The number of hydrogen-bond acceptors (Lipinski definition) is 5. The molecule has 3 aromatic rings. The van der Waals surface area contributed by atoms with E-state index in [4.69, 9.17) is 11.6 Å². The first-order valence-corrected chi connectivity index (χ1v) is 9.60. The van der Waals surface area contributed by atoms with E-state index in [9.17, 15) is 15.0 Å². The van der Waals surface area contributed by atoms with Crippen LogP contribution >= 0.6 is 22.9 Å². The molecular weight excluding hydrogens is 384 g/mol. The summed E-state index contributed by atoms with van der Waals surface area (Å²) in [4.78, 5) is 16.9. The highest BCUT2D eigenvalue weighted by atomic mass is 35.5. The van der Waals surface area contributed by atoms with Crippen LogP contribution in [0.2, 0.25) is 5.02 Å². The number of halogens is 1. The van der Waals surface area contributed by atoms with Gasteiger partial charge in [-0.25, -0.2) is 4.98 Å². The minimum Gasteiger partial charge on any atom is -0.366 e. The molecule has 3 rings (SSSR count). The number of carbonyl (C=O) groups is 1. The van der Waals surface area contributed by atoms with Crippen LogP contribution in [-0.2, 0) is 11.2 Å². The number of amides is 1. The number of thiazole rings is 1. The summed E-state index contributed by atoms with van der Waals surface area (Å²) < 4.78 is 0. The number of aromatic nitrogens is 1. The largest absolute Gasteiger partial charge is 0.366 e. The Bertz CT molecular complexity index is 908. The quantitative estimate of drug-likeness (QED) is 0.551. The number of rotatable bonds is 6. The van der Waals surface area contributed by atoms with Gasteiger partial charge in [-0.2, -0.15) is 0 Å². The average Bonchev–Trinajstić information content (AvgIpc) is 3.09. The summed E-state index contributed by atoms with van der Waals surface area (Å²) in [5.74, 6) is -0.344. The van der Waals surface area contributed by atoms with Crippen LogP contribution in [0.3, 0.4) is 0 Å². The molecule has 0 bridgehead atoms. The molecule has 1 unspecified atom stereocenters. The van der Waals surface area contributed by atoms with E-state index < -0.39 is 12.3 Å². The highest BCUT2D eigenvalue weighted by molar-refractivity contribution is 7.13. The van der Waals surface area contributed by atoms with Crippen LogP contribution < -0.4 is 5.32 Å². The molecule has 0 aliphatic rings. The van der Waals surface area contributed by atoms with Crippen LogP contribution in [0.15, 0.2) is 53.9 Å². The maximum Gasteiger partial charge on any atom is 0.226 e. The first kappa shape index (κ1) is 19.5. The van der Waals surface area contributed by atoms with Gasteiger partial charge < -0.3 is 15.5 Å². The van der Waals surface area contributed by atoms with E-state index in [2.05, 4.69) is 10.3 Å². The van der Waals surface area contributed by atoms with Crippen molar-refractivity contribution >= 4 is 28.8 Å². The number of aliphatic hydroxyl groups excluding tert-OH is 1. The molecule has 3 N–H and O–H groups in total. The summed E-state index contributed by atoms with van der Waals surface area (Å²) >= 11 is 7.32. The zero-order valence-electron chi connectivity index (χ0n) is 14.6. The van der Waals surface area contributed by atoms with E-state index in [1.165, 1.54) is 16.9 Å². The first-order chi connectivity index (χ1) is 12.9. The van der Waals surface area contributed by atoms with Crippen molar-refractivity contribution in [2.75, 3.05) is 0 Å². The number of aryl methyl sites for hydroxylation is 1. The van der Waals surface area contributed by atoms with Gasteiger partial charge in [0.1, 0.15) is 11.0 Å². The fourth-order valence-corrected chi connectivity index (χ4v) is 3.56. The fourth-order valence-electron chi connectivity index (χ4n) is 2.61. The van der Waals surface area contributed by atoms with Gasteiger partial charge in [-0.15, -0.1) is 11.3 Å². The Labute approximate surface area is 166 Å². The molecule has 5 nitrogen and oxygen atoms in total. The molecule has 7 heteroatoms. The lowest BCUT2D eigenvalue weighted by Gasteiger charge is -2.20. The molecule has 0 saturated carbocycles. The second-order valence-corrected chi connectivity index (χ2v) is 7.49. The van der Waals surface area contributed by atoms with Crippen molar-refractivity contribution < 1.29 is 15.0 Å². The molecule has 1 aromatic heterocycles. The highest BCUT2D eigenvalue weighted by Crippen LogP contribution is 2.24. The lowest BCUT2D eigenvalue weighted by atomic mass is 10.1. The number of benzene rings is 2. The summed E-state index contributed by atoms with van der Waals surface area (Å²) in [5.41, 5.74) is 3.37. The third-order valence-electron chi connectivity index (χ3n) is 4.04. The predicted molar refractivity (Wildman–Crippen MR) is 107 cm³/mol. The van der Waals surface area contributed by atoms with Gasteiger partial charge in [0.25, 0.3) is 0 Å². The topological polar surface area (TPSA) is 82.5 Å². The van der Waals surface area contributed by atoms with E-state index >= 15 is 0 Å². The number of carbonyl (C=O) groups excluding carboxylic acids is 1. The first-order valence-electron chi connectivity index (χ1n) is 8.35. The fraction of sp³-hybridized carbons (Fsp3) is 0.200. The molecule has 1 heterocycles. The summed E-state index contributed by atoms with van der Waals surface area (Å²) in [6, 6.07) is 13.6. The van der Waals surface area contributed by atoms with Gasteiger partial charge in [0, 0.05) is 16.0 Å². The third-order valence-corrected chi connectivity index (χ3v) is 5.23. The minimum absolute atomic E-state index is 0.0547. The van der Waals surface area contributed by atoms with E-state index in [1.807, 2.05) is 36.6 Å². The van der Waals surface area contributed by atoms with Gasteiger partial charge >= 0.3 is 0 Å². The lowest BCUT2D eigenvalue weighted by Crippen LogP contribution is -2.37. The summed E-state index contributed by atoms with van der Waals surface area (Å²) in [6.45, 7) is 2.02. The molecule has 140 valence electrons. The maximum atomic E-state index is 12.4. The Balaban J connectivity index is 1.67. The molecule has 0 radical (unpaired) electrons. The zero-order chi connectivity index (χ0) is 19.4. The summed E-state index contributed by atoms with van der Waals surface area (Å²) in [5, 5.41) is 25.1. The van der Waals surface area contributed by atoms with Crippen molar-refractivity contribution in [1.82, 2.24) is 10.3 Å². The van der Waals surface area contributed by atoms with Crippen LogP contribution in [-0.4, -0.2) is 27.4 Å². The van der Waals surface area contributed by atoms with Crippen molar-refractivity contribution in [2.45, 2.75) is 25.7 Å². The number of nitrogens with zero attached hydrogens (tertiary/aromatic N) is 1. The van der Waals surface area contributed by atoms with E-state index in [0.29, 0.717) is 16.3 Å². The molecule has 1 amide bonds. The number of aliphatic hydroxyl groups is 2. The molecule has 0 saturated heterocycles. The molecule has 0 spiro atoms. The molecule has 1 atom stereocenters. The Kier molecular flexibility index (Phi) is 6.23. The number of hydrogen-bond donors (Lipinski definition) is 3. The number of nitrogens with one attached hydrogen (secondary N) is 1.